The first kappa shape index (κ1) is 28.4. The van der Waals surface area contributed by atoms with Crippen LogP contribution in [0.4, 0.5) is 0 Å². The molecule has 5 heteroatoms. The molecule has 0 amide bonds. The third-order valence-corrected chi connectivity index (χ3v) is 7.75. The van der Waals surface area contributed by atoms with E-state index in [4.69, 9.17) is 18.9 Å². The van der Waals surface area contributed by atoms with E-state index >= 15 is 0 Å². The van der Waals surface area contributed by atoms with Crippen LogP contribution >= 0.6 is 0 Å². The first-order valence-corrected chi connectivity index (χ1v) is 14.8. The van der Waals surface area contributed by atoms with E-state index in [9.17, 15) is 0 Å². The van der Waals surface area contributed by atoms with Crippen molar-refractivity contribution in [3.63, 3.8) is 0 Å². The number of hydrogen-bond acceptors (Lipinski definition) is 5. The van der Waals surface area contributed by atoms with Crippen molar-refractivity contribution in [1.82, 2.24) is 5.32 Å². The van der Waals surface area contributed by atoms with Crippen LogP contribution in [0.25, 0.3) is 0 Å². The van der Waals surface area contributed by atoms with E-state index < -0.39 is 0 Å². The standard InChI is InChI=1S/C38H37NO4/c1-40-36-22-31(17-18-35(36)41-25-28-11-5-2-6-12-28)21-34-33-24-38(43-27-30-15-9-4-10-16-30)37(23-32(33)19-20-39-34)42-26-29-13-7-3-8-14-29/h2-18,22-24,34,39H,19-21,25-27H2,1H3. The second-order valence-corrected chi connectivity index (χ2v) is 10.8. The van der Waals surface area contributed by atoms with Crippen molar-refractivity contribution in [1.29, 1.82) is 0 Å². The van der Waals surface area contributed by atoms with E-state index in [0.717, 1.165) is 59.1 Å². The van der Waals surface area contributed by atoms with Gasteiger partial charge in [-0.05, 0) is 77.0 Å². The van der Waals surface area contributed by atoms with Gasteiger partial charge in [-0.25, -0.2) is 0 Å². The molecule has 1 atom stereocenters. The van der Waals surface area contributed by atoms with Gasteiger partial charge in [-0.15, -0.1) is 0 Å². The fourth-order valence-corrected chi connectivity index (χ4v) is 5.46. The minimum atomic E-state index is 0.131. The third-order valence-electron chi connectivity index (χ3n) is 7.75. The molecule has 5 aromatic rings. The summed E-state index contributed by atoms with van der Waals surface area (Å²) in [6, 6.07) is 41.3. The van der Waals surface area contributed by atoms with Crippen molar-refractivity contribution in [3.8, 4) is 23.0 Å². The molecule has 0 aliphatic carbocycles. The normalized spacial score (nSPS) is 14.0. The summed E-state index contributed by atoms with van der Waals surface area (Å²) in [6.07, 6.45) is 1.74. The van der Waals surface area contributed by atoms with Gasteiger partial charge in [0.25, 0.3) is 0 Å². The SMILES string of the molecule is COc1cc(CC2NCCc3cc(OCc4ccccc4)c(OCc4ccccc4)cc32)ccc1OCc1ccccc1. The third kappa shape index (κ3) is 7.37. The van der Waals surface area contributed by atoms with Crippen molar-refractivity contribution in [2.24, 2.45) is 0 Å². The molecule has 0 bridgehead atoms. The fourth-order valence-electron chi connectivity index (χ4n) is 5.46. The van der Waals surface area contributed by atoms with E-state index in [1.54, 1.807) is 7.11 Å². The average molecular weight is 572 g/mol. The summed E-state index contributed by atoms with van der Waals surface area (Å²) in [5.41, 5.74) is 7.06. The quantitative estimate of drug-likeness (QED) is 0.165. The first-order valence-electron chi connectivity index (χ1n) is 14.8. The van der Waals surface area contributed by atoms with Crippen molar-refractivity contribution in [2.75, 3.05) is 13.7 Å². The van der Waals surface area contributed by atoms with Crippen molar-refractivity contribution >= 4 is 0 Å². The van der Waals surface area contributed by atoms with E-state index in [1.807, 2.05) is 60.7 Å². The summed E-state index contributed by atoms with van der Waals surface area (Å²) in [6.45, 7) is 2.35. The predicted octanol–water partition coefficient (Wildman–Crippen LogP) is 7.86. The molecular weight excluding hydrogens is 534 g/mol. The molecule has 1 heterocycles. The van der Waals surface area contributed by atoms with Crippen LogP contribution in [-0.2, 0) is 32.7 Å². The fraction of sp³-hybridized carbons (Fsp3) is 0.211. The van der Waals surface area contributed by atoms with Crippen LogP contribution in [0.3, 0.4) is 0 Å². The second kappa shape index (κ2) is 14.0. The average Bonchev–Trinajstić information content (AvgIpc) is 3.07. The smallest absolute Gasteiger partial charge is 0.162 e. The van der Waals surface area contributed by atoms with Gasteiger partial charge in [0.1, 0.15) is 19.8 Å². The van der Waals surface area contributed by atoms with Gasteiger partial charge in [0.2, 0.25) is 0 Å². The number of benzene rings is 5. The molecule has 5 nitrogen and oxygen atoms in total. The monoisotopic (exact) mass is 571 g/mol. The van der Waals surface area contributed by atoms with Crippen molar-refractivity contribution in [3.05, 3.63) is 155 Å². The number of hydrogen-bond donors (Lipinski definition) is 1. The Morgan fingerprint density at radius 2 is 1.09 bits per heavy atom. The number of ether oxygens (including phenoxy) is 4. The van der Waals surface area contributed by atoms with Gasteiger partial charge in [0.15, 0.2) is 23.0 Å². The molecule has 0 saturated carbocycles. The molecule has 43 heavy (non-hydrogen) atoms. The Hall–Kier alpha value is -4.74. The molecule has 0 saturated heterocycles. The number of fused-ring (bicyclic) bond motifs is 1. The van der Waals surface area contributed by atoms with E-state index in [1.165, 1.54) is 16.7 Å². The van der Waals surface area contributed by atoms with Gasteiger partial charge in [-0.3, -0.25) is 0 Å². The van der Waals surface area contributed by atoms with Crippen LogP contribution in [0.2, 0.25) is 0 Å². The predicted molar refractivity (Wildman–Crippen MR) is 170 cm³/mol. The molecule has 0 spiro atoms. The molecule has 218 valence electrons. The highest BCUT2D eigenvalue weighted by molar-refractivity contribution is 5.51. The molecule has 6 rings (SSSR count). The van der Waals surface area contributed by atoms with Crippen LogP contribution in [0, 0.1) is 0 Å². The Labute approximate surface area is 254 Å². The van der Waals surface area contributed by atoms with Crippen LogP contribution in [0.15, 0.2) is 121 Å². The van der Waals surface area contributed by atoms with Gasteiger partial charge in [0, 0.05) is 6.04 Å². The summed E-state index contributed by atoms with van der Waals surface area (Å²) in [4.78, 5) is 0. The molecule has 1 aliphatic rings. The van der Waals surface area contributed by atoms with Gasteiger partial charge in [-0.2, -0.15) is 0 Å². The summed E-state index contributed by atoms with van der Waals surface area (Å²) in [7, 11) is 1.69. The number of methoxy groups -OCH3 is 1. The molecule has 1 unspecified atom stereocenters. The molecule has 0 aromatic heterocycles. The minimum Gasteiger partial charge on any atom is -0.493 e. The topological polar surface area (TPSA) is 49.0 Å². The van der Waals surface area contributed by atoms with E-state index in [0.29, 0.717) is 19.8 Å². The highest BCUT2D eigenvalue weighted by Gasteiger charge is 2.24. The summed E-state index contributed by atoms with van der Waals surface area (Å²) in [5, 5.41) is 3.73. The zero-order valence-electron chi connectivity index (χ0n) is 24.5. The highest BCUT2D eigenvalue weighted by Crippen LogP contribution is 2.38. The van der Waals surface area contributed by atoms with Crippen molar-refractivity contribution < 1.29 is 18.9 Å². The van der Waals surface area contributed by atoms with Gasteiger partial charge < -0.3 is 24.3 Å². The maximum absolute atomic E-state index is 6.40. The lowest BCUT2D eigenvalue weighted by molar-refractivity contribution is 0.254. The summed E-state index contributed by atoms with van der Waals surface area (Å²) >= 11 is 0. The van der Waals surface area contributed by atoms with E-state index in [2.05, 4.69) is 66.0 Å². The van der Waals surface area contributed by atoms with Crippen LogP contribution < -0.4 is 24.3 Å². The Kier molecular flexibility index (Phi) is 9.21. The lowest BCUT2D eigenvalue weighted by Gasteiger charge is -2.29. The zero-order chi connectivity index (χ0) is 29.3. The maximum Gasteiger partial charge on any atom is 0.162 e. The second-order valence-electron chi connectivity index (χ2n) is 10.8. The van der Waals surface area contributed by atoms with Crippen LogP contribution in [-0.4, -0.2) is 13.7 Å². The number of rotatable bonds is 12. The lowest BCUT2D eigenvalue weighted by atomic mass is 9.89. The largest absolute Gasteiger partial charge is 0.493 e. The van der Waals surface area contributed by atoms with Crippen LogP contribution in [0.1, 0.15) is 39.4 Å². The lowest BCUT2D eigenvalue weighted by Crippen LogP contribution is -2.31. The Morgan fingerprint density at radius 1 is 0.558 bits per heavy atom. The Bertz CT molecular complexity index is 1610. The van der Waals surface area contributed by atoms with E-state index in [-0.39, 0.29) is 6.04 Å². The molecule has 1 aliphatic heterocycles. The molecule has 1 N–H and O–H groups in total. The molecule has 5 aromatic carbocycles. The summed E-state index contributed by atoms with van der Waals surface area (Å²) in [5.74, 6) is 3.01. The zero-order valence-corrected chi connectivity index (χ0v) is 24.5. The van der Waals surface area contributed by atoms with Crippen LogP contribution in [0.5, 0.6) is 23.0 Å². The van der Waals surface area contributed by atoms with Crippen molar-refractivity contribution in [2.45, 2.75) is 38.7 Å². The van der Waals surface area contributed by atoms with Gasteiger partial charge in [-0.1, -0.05) is 97.1 Å². The Balaban J connectivity index is 1.22. The Morgan fingerprint density at radius 3 is 1.65 bits per heavy atom. The number of nitrogens with one attached hydrogen (secondary N) is 1. The maximum atomic E-state index is 6.40. The summed E-state index contributed by atoms with van der Waals surface area (Å²) < 4.78 is 24.6. The van der Waals surface area contributed by atoms with Gasteiger partial charge in [0.05, 0.1) is 7.11 Å². The first-order chi connectivity index (χ1) is 21.2. The highest BCUT2D eigenvalue weighted by atomic mass is 16.5. The minimum absolute atomic E-state index is 0.131. The molecule has 0 fully saturated rings. The van der Waals surface area contributed by atoms with Gasteiger partial charge >= 0.3 is 0 Å². The molecular formula is C38H37NO4. The molecule has 0 radical (unpaired) electrons.